The lowest BCUT2D eigenvalue weighted by Crippen LogP contribution is -2.41. The lowest BCUT2D eigenvalue weighted by atomic mass is 9.85. The van der Waals surface area contributed by atoms with Gasteiger partial charge in [0.25, 0.3) is 0 Å². The zero-order chi connectivity index (χ0) is 28.1. The number of esters is 1. The number of ether oxygens (including phenoxy) is 1. The highest BCUT2D eigenvalue weighted by atomic mass is 35.5. The van der Waals surface area contributed by atoms with Crippen LogP contribution in [0.3, 0.4) is 0 Å². The minimum Gasteiger partial charge on any atom is -0.468 e. The number of halogens is 2. The monoisotopic (exact) mass is 582 g/mol. The summed E-state index contributed by atoms with van der Waals surface area (Å²) < 4.78 is 6.99. The van der Waals surface area contributed by atoms with Gasteiger partial charge in [-0.05, 0) is 93.4 Å². The predicted molar refractivity (Wildman–Crippen MR) is 160 cm³/mol. The molecule has 1 aromatic heterocycles. The molecule has 7 nitrogen and oxygen atoms in total. The molecule has 0 bridgehead atoms. The number of benzene rings is 2. The molecule has 2 heterocycles. The molecule has 1 saturated heterocycles. The second-order valence-corrected chi connectivity index (χ2v) is 11.7. The van der Waals surface area contributed by atoms with Crippen molar-refractivity contribution in [3.8, 4) is 0 Å². The van der Waals surface area contributed by atoms with Crippen LogP contribution in [0.25, 0.3) is 17.1 Å². The molecule has 212 valence electrons. The number of amides is 1. The maximum atomic E-state index is 12.4. The van der Waals surface area contributed by atoms with Gasteiger partial charge in [-0.2, -0.15) is 0 Å². The Labute approximate surface area is 245 Å². The van der Waals surface area contributed by atoms with E-state index in [4.69, 9.17) is 32.9 Å². The molecule has 1 aliphatic heterocycles. The highest BCUT2D eigenvalue weighted by molar-refractivity contribution is 6.42. The van der Waals surface area contributed by atoms with Gasteiger partial charge in [0.05, 0.1) is 28.2 Å². The Bertz CT molecular complexity index is 1370. The second-order valence-electron chi connectivity index (χ2n) is 10.9. The number of fused-ring (bicyclic) bond motifs is 1. The third-order valence-corrected chi connectivity index (χ3v) is 8.97. The van der Waals surface area contributed by atoms with Gasteiger partial charge in [0.15, 0.2) is 0 Å². The maximum Gasteiger partial charge on any atom is 0.325 e. The number of nitrogens with zero attached hydrogens (tertiary/aromatic N) is 3. The number of hydrogen-bond acceptors (Lipinski definition) is 5. The number of methoxy groups -OCH3 is 1. The van der Waals surface area contributed by atoms with Gasteiger partial charge in [-0.25, -0.2) is 4.98 Å². The summed E-state index contributed by atoms with van der Waals surface area (Å²) in [6.45, 7) is 3.35. The van der Waals surface area contributed by atoms with Gasteiger partial charge < -0.3 is 19.5 Å². The lowest BCUT2D eigenvalue weighted by Gasteiger charge is -2.36. The molecule has 0 radical (unpaired) electrons. The fourth-order valence-electron chi connectivity index (χ4n) is 6.03. The number of imidazole rings is 1. The van der Waals surface area contributed by atoms with Crippen LogP contribution in [0.1, 0.15) is 55.8 Å². The van der Waals surface area contributed by atoms with Gasteiger partial charge in [-0.1, -0.05) is 41.4 Å². The Morgan fingerprint density at radius 3 is 2.50 bits per heavy atom. The Morgan fingerprint density at radius 2 is 1.77 bits per heavy atom. The molecule has 5 rings (SSSR count). The first-order chi connectivity index (χ1) is 19.4. The van der Waals surface area contributed by atoms with Gasteiger partial charge in [-0.15, -0.1) is 0 Å². The summed E-state index contributed by atoms with van der Waals surface area (Å²) in [4.78, 5) is 32.1. The smallest absolute Gasteiger partial charge is 0.325 e. The van der Waals surface area contributed by atoms with E-state index in [0.717, 1.165) is 80.6 Å². The molecule has 9 heteroatoms. The Kier molecular flexibility index (Phi) is 9.45. The van der Waals surface area contributed by atoms with Crippen molar-refractivity contribution < 1.29 is 14.3 Å². The summed E-state index contributed by atoms with van der Waals surface area (Å²) in [5.41, 5.74) is 2.76. The topological polar surface area (TPSA) is 76.5 Å². The minimum atomic E-state index is -0.254. The van der Waals surface area contributed by atoms with Crippen molar-refractivity contribution in [1.29, 1.82) is 0 Å². The highest BCUT2D eigenvalue weighted by Crippen LogP contribution is 2.32. The normalized spacial score (nSPS) is 20.7. The molecule has 3 aromatic rings. The lowest BCUT2D eigenvalue weighted by molar-refractivity contribution is -0.141. The molecule has 40 heavy (non-hydrogen) atoms. The zero-order valence-electron chi connectivity index (χ0n) is 22.8. The number of nitrogens with one attached hydrogen (secondary N) is 1. The van der Waals surface area contributed by atoms with Crippen LogP contribution in [0.5, 0.6) is 0 Å². The van der Waals surface area contributed by atoms with Crippen LogP contribution >= 0.6 is 23.2 Å². The first kappa shape index (κ1) is 28.7. The van der Waals surface area contributed by atoms with Gasteiger partial charge in [0, 0.05) is 24.6 Å². The van der Waals surface area contributed by atoms with E-state index in [1.54, 1.807) is 24.3 Å². The fourth-order valence-corrected chi connectivity index (χ4v) is 6.34. The van der Waals surface area contributed by atoms with Crippen molar-refractivity contribution in [2.75, 3.05) is 26.7 Å². The van der Waals surface area contributed by atoms with E-state index in [1.807, 2.05) is 34.9 Å². The van der Waals surface area contributed by atoms with Crippen molar-refractivity contribution in [1.82, 2.24) is 19.8 Å². The number of carbonyl (C=O) groups is 2. The van der Waals surface area contributed by atoms with Crippen LogP contribution in [-0.4, -0.2) is 59.1 Å². The number of rotatable bonds is 8. The van der Waals surface area contributed by atoms with Gasteiger partial charge in [0.1, 0.15) is 12.4 Å². The first-order valence-corrected chi connectivity index (χ1v) is 14.8. The van der Waals surface area contributed by atoms with Crippen LogP contribution in [0.15, 0.2) is 48.5 Å². The van der Waals surface area contributed by atoms with Crippen LogP contribution in [0.4, 0.5) is 0 Å². The highest BCUT2D eigenvalue weighted by Gasteiger charge is 2.29. The van der Waals surface area contributed by atoms with E-state index in [9.17, 15) is 9.59 Å². The molecule has 0 spiro atoms. The summed E-state index contributed by atoms with van der Waals surface area (Å²) in [5, 5.41) is 4.13. The number of piperidine rings is 1. The Morgan fingerprint density at radius 1 is 1.02 bits per heavy atom. The summed E-state index contributed by atoms with van der Waals surface area (Å²) >= 11 is 12.0. The third-order valence-electron chi connectivity index (χ3n) is 8.23. The minimum absolute atomic E-state index is 0.0742. The zero-order valence-corrected chi connectivity index (χ0v) is 24.3. The molecule has 1 N–H and O–H groups in total. The quantitative estimate of drug-likeness (QED) is 0.257. The summed E-state index contributed by atoms with van der Waals surface area (Å²) in [6.07, 6.45) is 9.64. The predicted octanol–water partition coefficient (Wildman–Crippen LogP) is 6.08. The Balaban J connectivity index is 1.08. The number of aromatic nitrogens is 2. The molecule has 2 aliphatic rings. The van der Waals surface area contributed by atoms with Crippen LogP contribution in [0, 0.1) is 5.92 Å². The summed E-state index contributed by atoms with van der Waals surface area (Å²) in [5.74, 6) is 1.65. The molecule has 1 aliphatic carbocycles. The van der Waals surface area contributed by atoms with Crippen LogP contribution in [0.2, 0.25) is 10.0 Å². The molecule has 2 aromatic carbocycles. The molecule has 1 saturated carbocycles. The van der Waals surface area contributed by atoms with E-state index in [2.05, 4.69) is 10.2 Å². The fraction of sp³-hybridized carbons (Fsp3) is 0.452. The SMILES string of the molecule is COC(=O)Cn1c(C2CCN(CC3CCC(NC(=O)/C=C/c4ccc(Cl)c(Cl)c4)CC3)CC2)nc2ccccc21. The van der Waals surface area contributed by atoms with Crippen LogP contribution in [-0.2, 0) is 20.9 Å². The Hall–Kier alpha value is -2.87. The molecule has 2 fully saturated rings. The van der Waals surface area contributed by atoms with Crippen molar-refractivity contribution in [3.63, 3.8) is 0 Å². The van der Waals surface area contributed by atoms with E-state index in [0.29, 0.717) is 21.9 Å². The number of carbonyl (C=O) groups excluding carboxylic acids is 2. The van der Waals surface area contributed by atoms with Crippen LogP contribution < -0.4 is 5.32 Å². The molecule has 0 unspecified atom stereocenters. The maximum absolute atomic E-state index is 12.4. The van der Waals surface area contributed by atoms with Gasteiger partial charge in [0.2, 0.25) is 5.91 Å². The van der Waals surface area contributed by atoms with Crippen molar-refractivity contribution >= 4 is 52.2 Å². The van der Waals surface area contributed by atoms with E-state index >= 15 is 0 Å². The van der Waals surface area contributed by atoms with Gasteiger partial charge in [-0.3, -0.25) is 9.59 Å². The molecule has 0 atom stereocenters. The molecular formula is C31H36Cl2N4O3. The van der Waals surface area contributed by atoms with Crippen molar-refractivity contribution in [2.24, 2.45) is 5.92 Å². The largest absolute Gasteiger partial charge is 0.468 e. The number of para-hydroxylation sites is 2. The first-order valence-electron chi connectivity index (χ1n) is 14.1. The average Bonchev–Trinajstić information content (AvgIpc) is 3.33. The summed E-state index contributed by atoms with van der Waals surface area (Å²) in [6, 6.07) is 13.5. The number of likely N-dealkylation sites (tertiary alicyclic amines) is 1. The third kappa shape index (κ3) is 7.06. The molecular weight excluding hydrogens is 547 g/mol. The van der Waals surface area contributed by atoms with E-state index in [1.165, 1.54) is 7.11 Å². The van der Waals surface area contributed by atoms with Gasteiger partial charge >= 0.3 is 5.97 Å². The second kappa shape index (κ2) is 13.2. The van der Waals surface area contributed by atoms with E-state index in [-0.39, 0.29) is 24.5 Å². The molecule has 1 amide bonds. The van der Waals surface area contributed by atoms with Crippen molar-refractivity contribution in [2.45, 2.75) is 57.0 Å². The van der Waals surface area contributed by atoms with E-state index < -0.39 is 0 Å². The summed E-state index contributed by atoms with van der Waals surface area (Å²) in [7, 11) is 1.43. The number of hydrogen-bond donors (Lipinski definition) is 1. The average molecular weight is 584 g/mol. The standard InChI is InChI=1S/C31H36Cl2N4O3/c1-40-30(39)20-37-28-5-3-2-4-27(28)35-31(37)23-14-16-36(17-15-23)19-22-6-10-24(11-7-22)34-29(38)13-9-21-8-12-25(32)26(33)18-21/h2-5,8-9,12-13,18,22-24H,6-7,10-11,14-17,19-20H2,1H3,(H,34,38)/b13-9+. The van der Waals surface area contributed by atoms with Crippen molar-refractivity contribution in [3.05, 3.63) is 70.0 Å².